The molecule has 1 saturated heterocycles. The zero-order valence-electron chi connectivity index (χ0n) is 3.94. The minimum atomic E-state index is 0. The Morgan fingerprint density at radius 3 is 1.67 bits per heavy atom. The highest BCUT2D eigenvalue weighted by Gasteiger charge is 2.34. The maximum absolute atomic E-state index is 4.83. The van der Waals surface area contributed by atoms with E-state index in [1.165, 1.54) is 0 Å². The Balaban J connectivity index is 0.000000250. The molecule has 1 aliphatic rings. The van der Waals surface area contributed by atoms with E-state index in [0.29, 0.717) is 0 Å². The number of hydroxylamine groups is 3. The van der Waals surface area contributed by atoms with Crippen molar-refractivity contribution in [1.29, 1.82) is 0 Å². The van der Waals surface area contributed by atoms with Crippen LogP contribution in [0.4, 0.5) is 0 Å². The zero-order chi connectivity index (χ0) is 3.91. The van der Waals surface area contributed by atoms with Crippen molar-refractivity contribution in [3.8, 4) is 0 Å². The SMILES string of the molecule is C[N+]1(C)CO1.[Br-]. The summed E-state index contributed by atoms with van der Waals surface area (Å²) in [5.41, 5.74) is 0. The van der Waals surface area contributed by atoms with E-state index in [0.717, 1.165) is 11.4 Å². The summed E-state index contributed by atoms with van der Waals surface area (Å²) in [6.07, 6.45) is 0. The average Bonchev–Trinajstić information content (AvgIpc) is 1.76. The maximum atomic E-state index is 4.83. The van der Waals surface area contributed by atoms with E-state index in [1.54, 1.807) is 0 Å². The van der Waals surface area contributed by atoms with E-state index in [-0.39, 0.29) is 17.0 Å². The van der Waals surface area contributed by atoms with E-state index in [4.69, 9.17) is 4.84 Å². The van der Waals surface area contributed by atoms with Gasteiger partial charge in [-0.1, -0.05) is 0 Å². The quantitative estimate of drug-likeness (QED) is 0.267. The minimum absolute atomic E-state index is 0. The summed E-state index contributed by atoms with van der Waals surface area (Å²) in [4.78, 5) is 4.83. The van der Waals surface area contributed by atoms with Crippen LogP contribution < -0.4 is 17.0 Å². The van der Waals surface area contributed by atoms with Crippen molar-refractivity contribution in [2.75, 3.05) is 20.8 Å². The highest BCUT2D eigenvalue weighted by molar-refractivity contribution is 4.04. The van der Waals surface area contributed by atoms with Gasteiger partial charge in [-0.3, -0.25) is 0 Å². The molecule has 0 spiro atoms. The van der Waals surface area contributed by atoms with E-state index < -0.39 is 0 Å². The van der Waals surface area contributed by atoms with Crippen LogP contribution >= 0.6 is 0 Å². The van der Waals surface area contributed by atoms with Crippen LogP contribution in [0.1, 0.15) is 0 Å². The molecule has 6 heavy (non-hydrogen) atoms. The Morgan fingerprint density at radius 2 is 1.67 bits per heavy atom. The van der Waals surface area contributed by atoms with Gasteiger partial charge in [-0.2, -0.15) is 4.65 Å². The molecule has 0 aliphatic carbocycles. The second-order valence-electron chi connectivity index (χ2n) is 1.83. The molecule has 3 heteroatoms. The monoisotopic (exact) mass is 153 g/mol. The van der Waals surface area contributed by atoms with Crippen molar-refractivity contribution in [1.82, 2.24) is 0 Å². The average molecular weight is 154 g/mol. The van der Waals surface area contributed by atoms with Gasteiger partial charge in [-0.15, -0.1) is 4.84 Å². The molecular weight excluding hydrogens is 146 g/mol. The summed E-state index contributed by atoms with van der Waals surface area (Å²) in [6.45, 7) is 0.889. The third-order valence-corrected chi connectivity index (χ3v) is 0.645. The number of nitrogens with zero attached hydrogens (tertiary/aromatic N) is 1. The number of hydrogen-bond acceptors (Lipinski definition) is 1. The molecule has 1 fully saturated rings. The second kappa shape index (κ2) is 1.48. The Kier molecular flexibility index (Phi) is 1.58. The van der Waals surface area contributed by atoms with Gasteiger partial charge in [0.2, 0.25) is 0 Å². The Morgan fingerprint density at radius 1 is 1.50 bits per heavy atom. The van der Waals surface area contributed by atoms with Crippen LogP contribution in [0, 0.1) is 0 Å². The number of hydrogen-bond donors (Lipinski definition) is 0. The van der Waals surface area contributed by atoms with Crippen LogP contribution in [0.5, 0.6) is 0 Å². The molecule has 2 nitrogen and oxygen atoms in total. The van der Waals surface area contributed by atoms with E-state index in [1.807, 2.05) is 14.1 Å². The van der Waals surface area contributed by atoms with E-state index >= 15 is 0 Å². The lowest BCUT2D eigenvalue weighted by molar-refractivity contribution is -0.877. The fourth-order valence-electron chi connectivity index (χ4n) is 0.115. The van der Waals surface area contributed by atoms with Crippen molar-refractivity contribution in [3.63, 3.8) is 0 Å². The van der Waals surface area contributed by atoms with Gasteiger partial charge >= 0.3 is 0 Å². The zero-order valence-corrected chi connectivity index (χ0v) is 5.53. The minimum Gasteiger partial charge on any atom is -1.00 e. The molecule has 0 unspecified atom stereocenters. The van der Waals surface area contributed by atoms with Crippen molar-refractivity contribution in [3.05, 3.63) is 0 Å². The normalized spacial score (nSPS) is 25.0. The Labute approximate surface area is 48.0 Å². The maximum Gasteiger partial charge on any atom is 0.264 e. The molecule has 0 atom stereocenters. The summed E-state index contributed by atoms with van der Waals surface area (Å²) in [5, 5.41) is 0. The van der Waals surface area contributed by atoms with Crippen LogP contribution in [0.2, 0.25) is 0 Å². The molecule has 0 amide bonds. The second-order valence-corrected chi connectivity index (χ2v) is 1.83. The van der Waals surface area contributed by atoms with Gasteiger partial charge in [0.1, 0.15) is 14.1 Å². The van der Waals surface area contributed by atoms with Crippen LogP contribution in [-0.4, -0.2) is 25.5 Å². The summed E-state index contributed by atoms with van der Waals surface area (Å²) < 4.78 is 0.750. The molecule has 0 aromatic rings. The first kappa shape index (κ1) is 6.40. The van der Waals surface area contributed by atoms with Crippen molar-refractivity contribution >= 4 is 0 Å². The summed E-state index contributed by atoms with van der Waals surface area (Å²) in [5.74, 6) is 0. The predicted octanol–water partition coefficient (Wildman–Crippen LogP) is -3.03. The largest absolute Gasteiger partial charge is 1.00 e. The molecule has 0 saturated carbocycles. The highest BCUT2D eigenvalue weighted by Crippen LogP contribution is 2.12. The lowest BCUT2D eigenvalue weighted by Crippen LogP contribution is -3.00. The topological polar surface area (TPSA) is 12.5 Å². The fourth-order valence-corrected chi connectivity index (χ4v) is 0.115. The third kappa shape index (κ3) is 1.74. The third-order valence-electron chi connectivity index (χ3n) is 0.645. The number of rotatable bonds is 0. The molecule has 0 N–H and O–H groups in total. The van der Waals surface area contributed by atoms with Gasteiger partial charge in [0.25, 0.3) is 6.73 Å². The first-order valence-corrected chi connectivity index (χ1v) is 1.68. The predicted molar refractivity (Wildman–Crippen MR) is 18.1 cm³/mol. The van der Waals surface area contributed by atoms with E-state index in [2.05, 4.69) is 0 Å². The van der Waals surface area contributed by atoms with Crippen LogP contribution in [-0.2, 0) is 4.84 Å². The molecule has 0 radical (unpaired) electrons. The molecule has 0 aromatic heterocycles. The standard InChI is InChI=1S/C3H8NO.BrH/c1-4(2)3-5-4;/h3H2,1-2H3;1H/q+1;/p-1. The van der Waals surface area contributed by atoms with Gasteiger partial charge in [0.15, 0.2) is 0 Å². The molecule has 38 valence electrons. The lowest BCUT2D eigenvalue weighted by atomic mass is 11.0. The highest BCUT2D eigenvalue weighted by atomic mass is 79.9. The molecule has 0 bridgehead atoms. The Hall–Kier alpha value is 0.400. The summed E-state index contributed by atoms with van der Waals surface area (Å²) >= 11 is 0. The van der Waals surface area contributed by atoms with Gasteiger partial charge < -0.3 is 17.0 Å². The number of quaternary nitrogens is 1. The first-order valence-electron chi connectivity index (χ1n) is 1.68. The molecule has 1 heterocycles. The summed E-state index contributed by atoms with van der Waals surface area (Å²) in [7, 11) is 4.03. The number of halogens is 1. The Bertz CT molecular complexity index is 48.8. The van der Waals surface area contributed by atoms with Crippen LogP contribution in [0.25, 0.3) is 0 Å². The molecular formula is C3H8BrNO. The van der Waals surface area contributed by atoms with Crippen LogP contribution in [0.3, 0.4) is 0 Å². The molecule has 1 rings (SSSR count). The van der Waals surface area contributed by atoms with Crippen molar-refractivity contribution in [2.24, 2.45) is 0 Å². The van der Waals surface area contributed by atoms with Gasteiger partial charge in [-0.25, -0.2) is 0 Å². The van der Waals surface area contributed by atoms with Gasteiger partial charge in [0.05, 0.1) is 0 Å². The fraction of sp³-hybridized carbons (Fsp3) is 1.00. The van der Waals surface area contributed by atoms with Crippen LogP contribution in [0.15, 0.2) is 0 Å². The van der Waals surface area contributed by atoms with Crippen molar-refractivity contribution < 1.29 is 26.5 Å². The first-order chi connectivity index (χ1) is 2.21. The molecule has 0 aromatic carbocycles. The summed E-state index contributed by atoms with van der Waals surface area (Å²) in [6, 6.07) is 0. The smallest absolute Gasteiger partial charge is 0.264 e. The molecule has 1 aliphatic heterocycles. The van der Waals surface area contributed by atoms with Crippen molar-refractivity contribution in [2.45, 2.75) is 0 Å². The van der Waals surface area contributed by atoms with E-state index in [9.17, 15) is 0 Å². The van der Waals surface area contributed by atoms with Gasteiger partial charge in [0, 0.05) is 0 Å². The van der Waals surface area contributed by atoms with Gasteiger partial charge in [-0.05, 0) is 0 Å². The lowest BCUT2D eigenvalue weighted by Gasteiger charge is -1.86.